The maximum absolute atomic E-state index is 12.1. The van der Waals surface area contributed by atoms with Crippen molar-refractivity contribution in [3.05, 3.63) is 20.3 Å². The monoisotopic (exact) mass is 298 g/mol. The van der Waals surface area contributed by atoms with Crippen molar-refractivity contribution in [2.45, 2.75) is 12.4 Å². The van der Waals surface area contributed by atoms with E-state index in [2.05, 4.69) is 15.9 Å². The Kier molecular flexibility index (Phi) is 2.88. The third-order valence-corrected chi connectivity index (χ3v) is 3.15. The predicted molar refractivity (Wildman–Crippen MR) is 42.0 cm³/mol. The van der Waals surface area contributed by atoms with Crippen molar-refractivity contribution < 1.29 is 26.3 Å². The lowest BCUT2D eigenvalue weighted by Gasteiger charge is -2.03. The Bertz CT molecular complexity index is 335. The number of thiophene rings is 1. The van der Waals surface area contributed by atoms with E-state index >= 15 is 0 Å². The van der Waals surface area contributed by atoms with Gasteiger partial charge in [-0.2, -0.15) is 26.3 Å². The summed E-state index contributed by atoms with van der Waals surface area (Å²) in [7, 11) is 0. The molecule has 0 aliphatic heterocycles. The Morgan fingerprint density at radius 1 is 1.00 bits per heavy atom. The van der Waals surface area contributed by atoms with Gasteiger partial charge in [-0.05, 0) is 22.0 Å². The summed E-state index contributed by atoms with van der Waals surface area (Å²) < 4.78 is 71.6. The molecule has 0 amide bonds. The largest absolute Gasteiger partial charge is 0.425 e. The first-order valence-corrected chi connectivity index (χ1v) is 4.67. The highest BCUT2D eigenvalue weighted by Crippen LogP contribution is 2.44. The Morgan fingerprint density at radius 2 is 1.50 bits per heavy atom. The summed E-state index contributed by atoms with van der Waals surface area (Å²) in [6.45, 7) is 0. The van der Waals surface area contributed by atoms with Gasteiger partial charge in [-0.15, -0.1) is 11.3 Å². The average Bonchev–Trinajstić information content (AvgIpc) is 2.27. The van der Waals surface area contributed by atoms with Gasteiger partial charge in [0, 0.05) is 0 Å². The van der Waals surface area contributed by atoms with Crippen LogP contribution in [0.3, 0.4) is 0 Å². The zero-order valence-corrected chi connectivity index (χ0v) is 8.53. The van der Waals surface area contributed by atoms with Gasteiger partial charge in [0.25, 0.3) is 0 Å². The molecule has 0 radical (unpaired) electrons. The Balaban J connectivity index is 3.19. The van der Waals surface area contributed by atoms with Gasteiger partial charge in [0.05, 0.1) is 9.35 Å². The number of rotatable bonds is 0. The molecule has 1 rings (SSSR count). The molecule has 1 aromatic heterocycles. The second kappa shape index (κ2) is 3.41. The normalized spacial score (nSPS) is 13.4. The van der Waals surface area contributed by atoms with Gasteiger partial charge in [0.1, 0.15) is 4.88 Å². The van der Waals surface area contributed by atoms with E-state index in [0.717, 1.165) is 0 Å². The number of hydrogen-bond donors (Lipinski definition) is 0. The highest BCUT2D eigenvalue weighted by molar-refractivity contribution is 9.11. The van der Waals surface area contributed by atoms with Crippen LogP contribution in [-0.4, -0.2) is 0 Å². The summed E-state index contributed by atoms with van der Waals surface area (Å²) in [4.78, 5) is -1.27. The zero-order valence-electron chi connectivity index (χ0n) is 6.13. The molecule has 0 nitrogen and oxygen atoms in total. The van der Waals surface area contributed by atoms with Gasteiger partial charge in [0.2, 0.25) is 0 Å². The van der Waals surface area contributed by atoms with Crippen LogP contribution in [0, 0.1) is 0 Å². The summed E-state index contributed by atoms with van der Waals surface area (Å²) in [6.07, 6.45) is -9.50. The summed E-state index contributed by atoms with van der Waals surface area (Å²) in [5.74, 6) is 0. The molecular weight excluding hydrogens is 298 g/mol. The maximum Gasteiger partial charge on any atom is 0.425 e. The molecule has 0 saturated heterocycles. The minimum Gasteiger partial charge on any atom is -0.166 e. The van der Waals surface area contributed by atoms with Crippen molar-refractivity contribution in [3.63, 3.8) is 0 Å². The van der Waals surface area contributed by atoms with Gasteiger partial charge < -0.3 is 0 Å². The lowest BCUT2D eigenvalue weighted by atomic mass is 10.3. The third kappa shape index (κ3) is 2.41. The summed E-state index contributed by atoms with van der Waals surface area (Å²) in [5.41, 5.74) is -1.30. The van der Waals surface area contributed by atoms with E-state index in [-0.39, 0.29) is 17.4 Å². The highest BCUT2D eigenvalue weighted by Gasteiger charge is 2.40. The second-order valence-electron chi connectivity index (χ2n) is 2.29. The van der Waals surface area contributed by atoms with Crippen molar-refractivity contribution in [2.75, 3.05) is 0 Å². The van der Waals surface area contributed by atoms with Crippen molar-refractivity contribution in [1.82, 2.24) is 0 Å². The molecule has 14 heavy (non-hydrogen) atoms. The molecule has 0 unspecified atom stereocenters. The Hall–Kier alpha value is -0.240. The summed E-state index contributed by atoms with van der Waals surface area (Å²) in [5, 5.41) is 0. The fourth-order valence-electron chi connectivity index (χ4n) is 0.702. The maximum atomic E-state index is 12.1. The van der Waals surface area contributed by atoms with Crippen LogP contribution in [-0.2, 0) is 12.4 Å². The van der Waals surface area contributed by atoms with Gasteiger partial charge in [-0.1, -0.05) is 0 Å². The van der Waals surface area contributed by atoms with Gasteiger partial charge in [0.15, 0.2) is 0 Å². The van der Waals surface area contributed by atoms with E-state index in [9.17, 15) is 26.3 Å². The molecule has 0 aliphatic carbocycles. The lowest BCUT2D eigenvalue weighted by Crippen LogP contribution is -2.05. The van der Waals surface area contributed by atoms with E-state index in [0.29, 0.717) is 0 Å². The predicted octanol–water partition coefficient (Wildman–Crippen LogP) is 4.55. The van der Waals surface area contributed by atoms with E-state index in [1.54, 1.807) is 0 Å². The number of hydrogen-bond acceptors (Lipinski definition) is 1. The molecule has 0 spiro atoms. The highest BCUT2D eigenvalue weighted by atomic mass is 79.9. The van der Waals surface area contributed by atoms with Gasteiger partial charge in [-0.3, -0.25) is 0 Å². The molecule has 0 atom stereocenters. The molecule has 1 heterocycles. The summed E-state index contributed by atoms with van der Waals surface area (Å²) in [6, 6.07) is 0.0920. The van der Waals surface area contributed by atoms with Gasteiger partial charge in [-0.25, -0.2) is 0 Å². The molecular formula is C6HBrF6S. The Morgan fingerprint density at radius 3 is 1.71 bits per heavy atom. The quantitative estimate of drug-likeness (QED) is 0.617. The third-order valence-electron chi connectivity index (χ3n) is 1.27. The fourth-order valence-corrected chi connectivity index (χ4v) is 2.33. The van der Waals surface area contributed by atoms with Crippen molar-refractivity contribution in [3.8, 4) is 0 Å². The molecule has 1 aromatic rings. The van der Waals surface area contributed by atoms with Crippen LogP contribution in [0.15, 0.2) is 9.85 Å². The smallest absolute Gasteiger partial charge is 0.166 e. The minimum atomic E-state index is -4.77. The van der Waals surface area contributed by atoms with Crippen LogP contribution in [0.4, 0.5) is 26.3 Å². The first-order chi connectivity index (χ1) is 6.12. The standard InChI is InChI=1S/C6HBrF6S/c7-4-2(5(8,9)10)1-3(14-4)6(11,12)13/h1H. The zero-order chi connectivity index (χ0) is 11.1. The molecule has 8 heteroatoms. The van der Waals surface area contributed by atoms with Crippen LogP contribution in [0.25, 0.3) is 0 Å². The van der Waals surface area contributed by atoms with E-state index < -0.39 is 26.6 Å². The minimum absolute atomic E-state index is 0.0198. The van der Waals surface area contributed by atoms with E-state index in [4.69, 9.17) is 0 Å². The molecule has 0 bridgehead atoms. The van der Waals surface area contributed by atoms with Crippen LogP contribution < -0.4 is 0 Å². The summed E-state index contributed by atoms with van der Waals surface area (Å²) >= 11 is 2.46. The molecule has 0 aliphatic rings. The fraction of sp³-hybridized carbons (Fsp3) is 0.333. The topological polar surface area (TPSA) is 0 Å². The van der Waals surface area contributed by atoms with E-state index in [1.165, 1.54) is 0 Å². The molecule has 0 N–H and O–H groups in total. The Labute approximate surface area is 86.7 Å². The molecule has 80 valence electrons. The van der Waals surface area contributed by atoms with Crippen LogP contribution >= 0.6 is 27.3 Å². The van der Waals surface area contributed by atoms with Crippen LogP contribution in [0.1, 0.15) is 10.4 Å². The van der Waals surface area contributed by atoms with Crippen LogP contribution in [0.2, 0.25) is 0 Å². The lowest BCUT2D eigenvalue weighted by molar-refractivity contribution is -0.140. The van der Waals surface area contributed by atoms with Crippen molar-refractivity contribution in [1.29, 1.82) is 0 Å². The first-order valence-electron chi connectivity index (χ1n) is 3.06. The molecule has 0 fully saturated rings. The first kappa shape index (κ1) is 11.8. The van der Waals surface area contributed by atoms with E-state index in [1.807, 2.05) is 0 Å². The molecule has 0 saturated carbocycles. The number of alkyl halides is 6. The SMILES string of the molecule is FC(F)(F)c1cc(C(F)(F)F)c(Br)s1. The molecule has 0 aromatic carbocycles. The van der Waals surface area contributed by atoms with Crippen LogP contribution in [0.5, 0.6) is 0 Å². The van der Waals surface area contributed by atoms with Gasteiger partial charge >= 0.3 is 12.4 Å². The average molecular weight is 299 g/mol. The second-order valence-corrected chi connectivity index (χ2v) is 4.66. The van der Waals surface area contributed by atoms with Crippen molar-refractivity contribution >= 4 is 27.3 Å². The number of halogens is 7. The van der Waals surface area contributed by atoms with Crippen molar-refractivity contribution in [2.24, 2.45) is 0 Å².